The fourth-order valence-corrected chi connectivity index (χ4v) is 1.76. The summed E-state index contributed by atoms with van der Waals surface area (Å²) in [6.07, 6.45) is 2.91. The van der Waals surface area contributed by atoms with Gasteiger partial charge < -0.3 is 11.1 Å². The molecule has 0 atom stereocenters. The lowest BCUT2D eigenvalue weighted by atomic mass is 10.2. The monoisotopic (exact) mass is 265 g/mol. The minimum atomic E-state index is -0.350. The van der Waals surface area contributed by atoms with Crippen LogP contribution in [0.15, 0.2) is 18.5 Å². The number of hydrogen-bond acceptors (Lipinski definition) is 4. The highest BCUT2D eigenvalue weighted by molar-refractivity contribution is 6.34. The lowest BCUT2D eigenvalue weighted by Crippen LogP contribution is -2.16. The molecule has 6 nitrogen and oxygen atoms in total. The summed E-state index contributed by atoms with van der Waals surface area (Å²) in [5.74, 6) is 0.0995. The van der Waals surface area contributed by atoms with E-state index in [2.05, 4.69) is 15.4 Å². The van der Waals surface area contributed by atoms with Gasteiger partial charge in [0.2, 0.25) is 0 Å². The van der Waals surface area contributed by atoms with Crippen LogP contribution in [0.1, 0.15) is 16.1 Å². The van der Waals surface area contributed by atoms with Crippen molar-refractivity contribution in [1.82, 2.24) is 14.8 Å². The highest BCUT2D eigenvalue weighted by Gasteiger charge is 2.16. The lowest BCUT2D eigenvalue weighted by molar-refractivity contribution is 0.102. The van der Waals surface area contributed by atoms with E-state index in [1.54, 1.807) is 14.0 Å². The largest absolute Gasteiger partial charge is 0.394 e. The van der Waals surface area contributed by atoms with Crippen molar-refractivity contribution >= 4 is 29.0 Å². The molecule has 1 amide bonds. The Morgan fingerprint density at radius 1 is 1.56 bits per heavy atom. The van der Waals surface area contributed by atoms with Crippen LogP contribution in [-0.4, -0.2) is 20.7 Å². The van der Waals surface area contributed by atoms with E-state index in [1.165, 1.54) is 23.1 Å². The van der Waals surface area contributed by atoms with Crippen molar-refractivity contribution in [3.05, 3.63) is 34.7 Å². The number of pyridine rings is 1. The van der Waals surface area contributed by atoms with Gasteiger partial charge in [-0.05, 0) is 13.0 Å². The number of carbonyl (C=O) groups is 1. The first-order valence-corrected chi connectivity index (χ1v) is 5.58. The van der Waals surface area contributed by atoms with Gasteiger partial charge in [0.25, 0.3) is 5.91 Å². The topological polar surface area (TPSA) is 85.8 Å². The molecule has 2 aromatic heterocycles. The van der Waals surface area contributed by atoms with Crippen LogP contribution < -0.4 is 11.1 Å². The maximum absolute atomic E-state index is 12.0. The molecule has 2 heterocycles. The van der Waals surface area contributed by atoms with Gasteiger partial charge in [0.15, 0.2) is 5.82 Å². The molecule has 0 saturated carbocycles. The van der Waals surface area contributed by atoms with E-state index in [9.17, 15) is 4.79 Å². The first-order chi connectivity index (χ1) is 8.50. The van der Waals surface area contributed by atoms with Crippen molar-refractivity contribution in [2.75, 3.05) is 11.1 Å². The van der Waals surface area contributed by atoms with Gasteiger partial charge >= 0.3 is 0 Å². The molecule has 0 fully saturated rings. The van der Waals surface area contributed by atoms with Crippen LogP contribution in [0.3, 0.4) is 0 Å². The summed E-state index contributed by atoms with van der Waals surface area (Å²) in [5, 5.41) is 7.08. The van der Waals surface area contributed by atoms with Gasteiger partial charge in [0.1, 0.15) is 0 Å². The molecule has 0 aliphatic heterocycles. The molecule has 0 unspecified atom stereocenters. The second-order valence-electron chi connectivity index (χ2n) is 3.78. The molecular weight excluding hydrogens is 254 g/mol. The highest BCUT2D eigenvalue weighted by Crippen LogP contribution is 2.22. The number of halogens is 1. The summed E-state index contributed by atoms with van der Waals surface area (Å²) in [4.78, 5) is 15.8. The molecule has 0 radical (unpaired) electrons. The third kappa shape index (κ3) is 2.14. The third-order valence-corrected chi connectivity index (χ3v) is 2.82. The van der Waals surface area contributed by atoms with Crippen molar-refractivity contribution in [2.24, 2.45) is 7.05 Å². The SMILES string of the molecule is Cc1nn(C)c(NC(=O)c2ccncc2Cl)c1N. The van der Waals surface area contributed by atoms with Crippen LogP contribution in [0.2, 0.25) is 5.02 Å². The Hall–Kier alpha value is -2.08. The Labute approximate surface area is 109 Å². The second kappa shape index (κ2) is 4.66. The van der Waals surface area contributed by atoms with Crippen molar-refractivity contribution in [2.45, 2.75) is 6.92 Å². The lowest BCUT2D eigenvalue weighted by Gasteiger charge is -2.07. The van der Waals surface area contributed by atoms with E-state index in [1.807, 2.05) is 0 Å². The van der Waals surface area contributed by atoms with Gasteiger partial charge in [0, 0.05) is 19.4 Å². The standard InChI is InChI=1S/C11H12ClN5O/c1-6-9(13)10(17(2)16-6)15-11(18)7-3-4-14-5-8(7)12/h3-5H,13H2,1-2H3,(H,15,18). The molecule has 18 heavy (non-hydrogen) atoms. The third-order valence-electron chi connectivity index (χ3n) is 2.52. The maximum atomic E-state index is 12.0. The zero-order valence-electron chi connectivity index (χ0n) is 9.94. The molecule has 94 valence electrons. The first-order valence-electron chi connectivity index (χ1n) is 5.20. The molecule has 0 saturated heterocycles. The van der Waals surface area contributed by atoms with Crippen LogP contribution in [0.25, 0.3) is 0 Å². The number of nitrogens with zero attached hydrogens (tertiary/aromatic N) is 3. The molecule has 0 bridgehead atoms. The van der Waals surface area contributed by atoms with Gasteiger partial charge in [-0.3, -0.25) is 14.5 Å². The molecule has 7 heteroatoms. The summed E-state index contributed by atoms with van der Waals surface area (Å²) >= 11 is 5.89. The summed E-state index contributed by atoms with van der Waals surface area (Å²) in [7, 11) is 1.70. The van der Waals surface area contributed by atoms with Crippen LogP contribution >= 0.6 is 11.6 Å². The fourth-order valence-electron chi connectivity index (χ4n) is 1.56. The quantitative estimate of drug-likeness (QED) is 0.864. The summed E-state index contributed by atoms with van der Waals surface area (Å²) in [6.45, 7) is 1.77. The highest BCUT2D eigenvalue weighted by atomic mass is 35.5. The summed E-state index contributed by atoms with van der Waals surface area (Å²) < 4.78 is 1.51. The Balaban J connectivity index is 2.30. The first kappa shape index (κ1) is 12.4. The molecule has 2 aromatic rings. The van der Waals surface area contributed by atoms with E-state index in [4.69, 9.17) is 17.3 Å². The Bertz CT molecular complexity index is 607. The zero-order valence-corrected chi connectivity index (χ0v) is 10.7. The normalized spacial score (nSPS) is 10.4. The number of nitrogen functional groups attached to an aromatic ring is 1. The van der Waals surface area contributed by atoms with Crippen LogP contribution in [0, 0.1) is 6.92 Å². The van der Waals surface area contributed by atoms with E-state index < -0.39 is 0 Å². The van der Waals surface area contributed by atoms with Crippen molar-refractivity contribution in [3.8, 4) is 0 Å². The van der Waals surface area contributed by atoms with E-state index in [-0.39, 0.29) is 10.9 Å². The number of aryl methyl sites for hydroxylation is 2. The van der Waals surface area contributed by atoms with Crippen molar-refractivity contribution in [3.63, 3.8) is 0 Å². The van der Waals surface area contributed by atoms with Gasteiger partial charge in [-0.15, -0.1) is 0 Å². The Kier molecular flexibility index (Phi) is 3.20. The molecule has 0 aromatic carbocycles. The maximum Gasteiger partial charge on any atom is 0.258 e. The Morgan fingerprint density at radius 3 is 2.83 bits per heavy atom. The minimum Gasteiger partial charge on any atom is -0.394 e. The molecule has 0 spiro atoms. The van der Waals surface area contributed by atoms with Gasteiger partial charge in [-0.25, -0.2) is 0 Å². The molecule has 0 aliphatic carbocycles. The number of anilines is 2. The number of aromatic nitrogens is 3. The predicted octanol–water partition coefficient (Wildman–Crippen LogP) is 1.61. The smallest absolute Gasteiger partial charge is 0.258 e. The summed E-state index contributed by atoms with van der Waals surface area (Å²) in [5.41, 5.74) is 7.26. The van der Waals surface area contributed by atoms with Crippen molar-refractivity contribution in [1.29, 1.82) is 0 Å². The molecular formula is C11H12ClN5O. The zero-order chi connectivity index (χ0) is 13.3. The number of rotatable bonds is 2. The van der Waals surface area contributed by atoms with Gasteiger partial charge in [-0.1, -0.05) is 11.6 Å². The number of nitrogens with one attached hydrogen (secondary N) is 1. The number of nitrogens with two attached hydrogens (primary N) is 1. The average molecular weight is 266 g/mol. The number of amides is 1. The Morgan fingerprint density at radius 2 is 2.28 bits per heavy atom. The number of hydrogen-bond donors (Lipinski definition) is 2. The molecule has 0 aliphatic rings. The fraction of sp³-hybridized carbons (Fsp3) is 0.182. The van der Waals surface area contributed by atoms with E-state index in [0.717, 1.165) is 0 Å². The summed E-state index contributed by atoms with van der Waals surface area (Å²) in [6, 6.07) is 1.54. The minimum absolute atomic E-state index is 0.285. The van der Waals surface area contributed by atoms with E-state index >= 15 is 0 Å². The van der Waals surface area contributed by atoms with Crippen LogP contribution in [0.5, 0.6) is 0 Å². The van der Waals surface area contributed by atoms with Crippen LogP contribution in [0.4, 0.5) is 11.5 Å². The molecule has 3 N–H and O–H groups in total. The number of carbonyl (C=O) groups excluding carboxylic acids is 1. The average Bonchev–Trinajstić information content (AvgIpc) is 2.56. The molecule has 2 rings (SSSR count). The van der Waals surface area contributed by atoms with Gasteiger partial charge in [0.05, 0.1) is 22.0 Å². The van der Waals surface area contributed by atoms with Gasteiger partial charge in [-0.2, -0.15) is 5.10 Å². The second-order valence-corrected chi connectivity index (χ2v) is 4.19. The van der Waals surface area contributed by atoms with Crippen molar-refractivity contribution < 1.29 is 4.79 Å². The van der Waals surface area contributed by atoms with E-state index in [0.29, 0.717) is 22.8 Å². The predicted molar refractivity (Wildman–Crippen MR) is 69.6 cm³/mol. The van der Waals surface area contributed by atoms with Crippen LogP contribution in [-0.2, 0) is 7.05 Å².